The zero-order valence-electron chi connectivity index (χ0n) is 17.7. The minimum Gasteiger partial charge on any atom is -0.508 e. The van der Waals surface area contributed by atoms with Crippen LogP contribution in [0, 0.1) is 6.92 Å². The lowest BCUT2D eigenvalue weighted by Crippen LogP contribution is -2.41. The molecule has 0 amide bonds. The van der Waals surface area contributed by atoms with E-state index >= 15 is 0 Å². The number of phenols is 1. The van der Waals surface area contributed by atoms with E-state index in [1.165, 1.54) is 22.3 Å². The number of aromatic hydroxyl groups is 1. The summed E-state index contributed by atoms with van der Waals surface area (Å²) in [5.41, 5.74) is 7.32. The Bertz CT molecular complexity index is 1070. The van der Waals surface area contributed by atoms with Crippen LogP contribution in [0.25, 0.3) is 0 Å². The third-order valence-corrected chi connectivity index (χ3v) is 6.16. The number of benzene rings is 3. The first kappa shape index (κ1) is 20.0. The highest BCUT2D eigenvalue weighted by atomic mass is 16.3. The van der Waals surface area contributed by atoms with Crippen molar-refractivity contribution < 1.29 is 5.11 Å². The first-order chi connectivity index (χ1) is 14.6. The van der Waals surface area contributed by atoms with Gasteiger partial charge in [0.15, 0.2) is 5.84 Å². The number of amidine groups is 1. The quantitative estimate of drug-likeness (QED) is 0.283. The molecule has 0 spiro atoms. The molecule has 3 aromatic carbocycles. The Morgan fingerprint density at radius 1 is 1.07 bits per heavy atom. The van der Waals surface area contributed by atoms with E-state index < -0.39 is 0 Å². The third-order valence-electron chi connectivity index (χ3n) is 6.16. The van der Waals surface area contributed by atoms with E-state index in [4.69, 9.17) is 5.84 Å². The molecule has 0 bridgehead atoms. The maximum atomic E-state index is 9.75. The summed E-state index contributed by atoms with van der Waals surface area (Å²) >= 11 is 0. The van der Waals surface area contributed by atoms with Gasteiger partial charge in [0.2, 0.25) is 0 Å². The topological polar surface area (TPSA) is 61.8 Å². The fourth-order valence-electron chi connectivity index (χ4n) is 4.62. The SMILES string of the molecule is CCC1c2ccccc2CCN1/C(=N/N)c1ccccc1Cc1ccc(O)cc1C. The van der Waals surface area contributed by atoms with Gasteiger partial charge in [-0.05, 0) is 66.1 Å². The van der Waals surface area contributed by atoms with Gasteiger partial charge in [0.1, 0.15) is 5.75 Å². The zero-order valence-corrected chi connectivity index (χ0v) is 17.7. The second-order valence-corrected chi connectivity index (χ2v) is 7.96. The van der Waals surface area contributed by atoms with Gasteiger partial charge in [-0.2, -0.15) is 5.10 Å². The molecule has 1 atom stereocenters. The van der Waals surface area contributed by atoms with Gasteiger partial charge in [0.25, 0.3) is 0 Å². The third kappa shape index (κ3) is 3.78. The van der Waals surface area contributed by atoms with Crippen molar-refractivity contribution in [1.82, 2.24) is 4.90 Å². The summed E-state index contributed by atoms with van der Waals surface area (Å²) in [7, 11) is 0. The predicted octanol–water partition coefficient (Wildman–Crippen LogP) is 4.92. The number of hydrogen-bond donors (Lipinski definition) is 2. The fraction of sp³-hybridized carbons (Fsp3) is 0.269. The average molecular weight is 400 g/mol. The Kier molecular flexibility index (Phi) is 5.75. The van der Waals surface area contributed by atoms with Crippen molar-refractivity contribution in [3.63, 3.8) is 0 Å². The Morgan fingerprint density at radius 2 is 1.83 bits per heavy atom. The molecule has 0 fully saturated rings. The van der Waals surface area contributed by atoms with Gasteiger partial charge in [0.05, 0.1) is 6.04 Å². The Labute approximate surface area is 178 Å². The van der Waals surface area contributed by atoms with E-state index in [9.17, 15) is 5.11 Å². The smallest absolute Gasteiger partial charge is 0.156 e. The number of rotatable bonds is 4. The van der Waals surface area contributed by atoms with Crippen molar-refractivity contribution in [2.24, 2.45) is 10.9 Å². The molecule has 4 heteroatoms. The van der Waals surface area contributed by atoms with Crippen molar-refractivity contribution in [3.8, 4) is 5.75 Å². The van der Waals surface area contributed by atoms with E-state index in [2.05, 4.69) is 59.4 Å². The van der Waals surface area contributed by atoms with Crippen LogP contribution in [0.1, 0.15) is 52.8 Å². The molecule has 0 aromatic heterocycles. The van der Waals surface area contributed by atoms with Gasteiger partial charge in [-0.15, -0.1) is 0 Å². The summed E-state index contributed by atoms with van der Waals surface area (Å²) in [6.07, 6.45) is 2.75. The molecule has 0 aliphatic carbocycles. The summed E-state index contributed by atoms with van der Waals surface area (Å²) in [5.74, 6) is 7.15. The van der Waals surface area contributed by atoms with Crippen LogP contribution in [0.3, 0.4) is 0 Å². The lowest BCUT2D eigenvalue weighted by atomic mass is 9.89. The molecular formula is C26H29N3O. The van der Waals surface area contributed by atoms with Crippen LogP contribution in [0.15, 0.2) is 71.8 Å². The standard InChI is InChI=1S/C26H29N3O/c1-3-25-23-10-6-4-8-19(23)14-15-29(25)26(28-27)24-11-7-5-9-21(24)17-20-12-13-22(30)16-18(20)2/h4-13,16,25,30H,3,14-15,17,27H2,1-2H3/b28-26+. The Balaban J connectivity index is 1.71. The molecule has 154 valence electrons. The molecule has 1 heterocycles. The fourth-order valence-corrected chi connectivity index (χ4v) is 4.62. The van der Waals surface area contributed by atoms with E-state index in [1.54, 1.807) is 6.07 Å². The second-order valence-electron chi connectivity index (χ2n) is 7.96. The molecule has 4 rings (SSSR count). The van der Waals surface area contributed by atoms with Crippen LogP contribution in [0.4, 0.5) is 0 Å². The van der Waals surface area contributed by atoms with E-state index in [0.29, 0.717) is 5.75 Å². The van der Waals surface area contributed by atoms with E-state index in [-0.39, 0.29) is 6.04 Å². The van der Waals surface area contributed by atoms with Crippen LogP contribution >= 0.6 is 0 Å². The Morgan fingerprint density at radius 3 is 2.60 bits per heavy atom. The van der Waals surface area contributed by atoms with Crippen LogP contribution in [-0.4, -0.2) is 22.4 Å². The molecule has 3 N–H and O–H groups in total. The Hall–Kier alpha value is -3.27. The molecule has 1 aliphatic rings. The molecule has 3 aromatic rings. The zero-order chi connectivity index (χ0) is 21.1. The van der Waals surface area contributed by atoms with Gasteiger partial charge >= 0.3 is 0 Å². The highest BCUT2D eigenvalue weighted by molar-refractivity contribution is 6.00. The summed E-state index contributed by atoms with van der Waals surface area (Å²) in [6.45, 7) is 5.15. The van der Waals surface area contributed by atoms with Gasteiger partial charge in [-0.25, -0.2) is 0 Å². The minimum atomic E-state index is 0.265. The maximum absolute atomic E-state index is 9.75. The second kappa shape index (κ2) is 8.62. The number of aryl methyl sites for hydroxylation is 1. The molecule has 0 saturated carbocycles. The monoisotopic (exact) mass is 399 g/mol. The maximum Gasteiger partial charge on any atom is 0.156 e. The predicted molar refractivity (Wildman–Crippen MR) is 123 cm³/mol. The minimum absolute atomic E-state index is 0.265. The van der Waals surface area contributed by atoms with Crippen LogP contribution in [0.5, 0.6) is 5.75 Å². The van der Waals surface area contributed by atoms with E-state index in [0.717, 1.165) is 42.8 Å². The van der Waals surface area contributed by atoms with Gasteiger partial charge in [-0.3, -0.25) is 0 Å². The van der Waals surface area contributed by atoms with Crippen LogP contribution < -0.4 is 5.84 Å². The summed E-state index contributed by atoms with van der Waals surface area (Å²) < 4.78 is 0. The summed E-state index contributed by atoms with van der Waals surface area (Å²) in [4.78, 5) is 2.37. The number of fused-ring (bicyclic) bond motifs is 1. The highest BCUT2D eigenvalue weighted by Gasteiger charge is 2.29. The molecule has 0 saturated heterocycles. The number of hydrazone groups is 1. The van der Waals surface area contributed by atoms with Crippen molar-refractivity contribution in [3.05, 3.63) is 100 Å². The van der Waals surface area contributed by atoms with Crippen molar-refractivity contribution in [1.29, 1.82) is 0 Å². The first-order valence-electron chi connectivity index (χ1n) is 10.6. The van der Waals surface area contributed by atoms with Crippen molar-refractivity contribution in [2.45, 2.75) is 39.2 Å². The van der Waals surface area contributed by atoms with Crippen LogP contribution in [-0.2, 0) is 12.8 Å². The lowest BCUT2D eigenvalue weighted by Gasteiger charge is -2.39. The number of nitrogens with two attached hydrogens (primary N) is 1. The molecule has 1 unspecified atom stereocenters. The van der Waals surface area contributed by atoms with Crippen LogP contribution in [0.2, 0.25) is 0 Å². The largest absolute Gasteiger partial charge is 0.508 e. The number of hydrogen-bond acceptors (Lipinski definition) is 3. The van der Waals surface area contributed by atoms with E-state index in [1.807, 2.05) is 25.1 Å². The number of phenolic OH excluding ortho intramolecular Hbond substituents is 1. The highest BCUT2D eigenvalue weighted by Crippen LogP contribution is 2.34. The molecule has 1 aliphatic heterocycles. The molecule has 30 heavy (non-hydrogen) atoms. The lowest BCUT2D eigenvalue weighted by molar-refractivity contribution is 0.291. The average Bonchev–Trinajstić information content (AvgIpc) is 2.77. The normalized spacial score (nSPS) is 16.4. The summed E-state index contributed by atoms with van der Waals surface area (Å²) in [5, 5.41) is 14.0. The summed E-state index contributed by atoms with van der Waals surface area (Å²) in [6, 6.07) is 22.9. The van der Waals surface area contributed by atoms with Gasteiger partial charge < -0.3 is 15.8 Å². The van der Waals surface area contributed by atoms with Crippen molar-refractivity contribution in [2.75, 3.05) is 6.54 Å². The van der Waals surface area contributed by atoms with Crippen molar-refractivity contribution >= 4 is 5.84 Å². The van der Waals surface area contributed by atoms with Gasteiger partial charge in [0, 0.05) is 12.1 Å². The molecule has 0 radical (unpaired) electrons. The molecule has 4 nitrogen and oxygen atoms in total. The van der Waals surface area contributed by atoms with Gasteiger partial charge in [-0.1, -0.05) is 61.5 Å². The number of nitrogens with zero attached hydrogens (tertiary/aromatic N) is 2. The molecular weight excluding hydrogens is 370 g/mol. The first-order valence-corrected chi connectivity index (χ1v) is 10.6.